The number of hydrogen-bond donors (Lipinski definition) is 1. The van der Waals surface area contributed by atoms with Gasteiger partial charge in [0.05, 0.1) is 24.9 Å². The van der Waals surface area contributed by atoms with Gasteiger partial charge in [0.15, 0.2) is 5.78 Å². The molecule has 1 aromatic rings. The number of ketones is 1. The van der Waals surface area contributed by atoms with E-state index in [0.29, 0.717) is 31.9 Å². The van der Waals surface area contributed by atoms with Crippen molar-refractivity contribution in [2.75, 3.05) is 13.2 Å². The number of allylic oxidation sites excluding steroid dienone is 2. The zero-order valence-corrected chi connectivity index (χ0v) is 19.2. The number of imidazole rings is 1. The fourth-order valence-corrected chi connectivity index (χ4v) is 4.48. The first kappa shape index (κ1) is 22.7. The smallest absolute Gasteiger partial charge is 0.272 e. The molecule has 2 unspecified atom stereocenters. The summed E-state index contributed by atoms with van der Waals surface area (Å²) in [6.45, 7) is 12.0. The molecule has 1 aliphatic heterocycles. The van der Waals surface area contributed by atoms with E-state index in [-0.39, 0.29) is 23.0 Å². The van der Waals surface area contributed by atoms with Crippen molar-refractivity contribution in [3.8, 4) is 0 Å². The quantitative estimate of drug-likeness (QED) is 0.725. The van der Waals surface area contributed by atoms with Crippen molar-refractivity contribution in [3.63, 3.8) is 0 Å². The first-order valence-corrected chi connectivity index (χ1v) is 11.4. The molecule has 0 saturated heterocycles. The number of aromatic nitrogens is 2. The molecule has 6 heteroatoms. The second-order valence-corrected chi connectivity index (χ2v) is 9.73. The molecule has 0 aromatic carbocycles. The van der Waals surface area contributed by atoms with Crippen LogP contribution in [-0.2, 0) is 22.5 Å². The van der Waals surface area contributed by atoms with Gasteiger partial charge in [-0.1, -0.05) is 47.1 Å². The van der Waals surface area contributed by atoms with Gasteiger partial charge in [-0.15, -0.1) is 0 Å². The topological polar surface area (TPSA) is 73.2 Å². The van der Waals surface area contributed by atoms with E-state index in [9.17, 15) is 9.59 Å². The van der Waals surface area contributed by atoms with Crippen LogP contribution in [0.15, 0.2) is 6.08 Å². The van der Waals surface area contributed by atoms with Gasteiger partial charge in [-0.3, -0.25) is 9.59 Å². The van der Waals surface area contributed by atoms with Gasteiger partial charge in [0.25, 0.3) is 5.91 Å². The van der Waals surface area contributed by atoms with E-state index in [2.05, 4.69) is 22.9 Å². The van der Waals surface area contributed by atoms with E-state index >= 15 is 0 Å². The van der Waals surface area contributed by atoms with E-state index < -0.39 is 6.04 Å². The van der Waals surface area contributed by atoms with Crippen LogP contribution in [0.1, 0.15) is 88.7 Å². The largest absolute Gasteiger partial charge is 0.379 e. The molecule has 2 heterocycles. The molecule has 0 bridgehead atoms. The van der Waals surface area contributed by atoms with Crippen LogP contribution in [-0.4, -0.2) is 40.5 Å². The number of Topliss-reactive ketones (excluding diaryl/α,β-unsaturated/α-hetero) is 1. The van der Waals surface area contributed by atoms with E-state index in [1.165, 1.54) is 5.57 Å². The van der Waals surface area contributed by atoms with Crippen molar-refractivity contribution >= 4 is 17.3 Å². The fraction of sp³-hybridized carbons (Fsp3) is 0.708. The molecule has 0 spiro atoms. The van der Waals surface area contributed by atoms with E-state index in [1.54, 1.807) is 0 Å². The molecule has 1 amide bonds. The summed E-state index contributed by atoms with van der Waals surface area (Å²) < 4.78 is 7.83. The summed E-state index contributed by atoms with van der Waals surface area (Å²) in [5.74, 6) is 0.676. The average Bonchev–Trinajstić information content (AvgIpc) is 3.27. The molecule has 0 radical (unpaired) electrons. The number of rotatable bonds is 7. The van der Waals surface area contributed by atoms with Gasteiger partial charge < -0.3 is 14.6 Å². The van der Waals surface area contributed by atoms with Crippen LogP contribution in [0.2, 0.25) is 0 Å². The van der Waals surface area contributed by atoms with Crippen molar-refractivity contribution in [2.24, 2.45) is 11.3 Å². The lowest BCUT2D eigenvalue weighted by molar-refractivity contribution is -0.126. The average molecular weight is 416 g/mol. The minimum absolute atomic E-state index is 0.0776. The summed E-state index contributed by atoms with van der Waals surface area (Å²) in [5.41, 5.74) is 2.23. The Kier molecular flexibility index (Phi) is 7.17. The number of fused-ring (bicyclic) bond motifs is 1. The minimum atomic E-state index is -0.542. The molecule has 1 N–H and O–H groups in total. The van der Waals surface area contributed by atoms with E-state index in [1.807, 2.05) is 27.7 Å². The normalized spacial score (nSPS) is 18.9. The molecule has 166 valence electrons. The highest BCUT2D eigenvalue weighted by atomic mass is 16.5. The van der Waals surface area contributed by atoms with Gasteiger partial charge in [-0.2, -0.15) is 0 Å². The van der Waals surface area contributed by atoms with E-state index in [0.717, 1.165) is 43.6 Å². The fourth-order valence-electron chi connectivity index (χ4n) is 4.48. The van der Waals surface area contributed by atoms with Crippen LogP contribution in [0.25, 0.3) is 5.57 Å². The third kappa shape index (κ3) is 4.85. The third-order valence-corrected chi connectivity index (χ3v) is 6.19. The highest BCUT2D eigenvalue weighted by Gasteiger charge is 2.36. The summed E-state index contributed by atoms with van der Waals surface area (Å²) in [4.78, 5) is 31.3. The SMILES string of the molecule is CCCC(C)C(=O)C(NC(=O)c1nc(C2=CCCC2)n2c1CCOCC2)C(C)(C)C. The lowest BCUT2D eigenvalue weighted by atomic mass is 9.79. The van der Waals surface area contributed by atoms with Crippen LogP contribution in [0.3, 0.4) is 0 Å². The second kappa shape index (κ2) is 9.46. The highest BCUT2D eigenvalue weighted by molar-refractivity contribution is 5.98. The number of amides is 1. The molecule has 30 heavy (non-hydrogen) atoms. The highest BCUT2D eigenvalue weighted by Crippen LogP contribution is 2.30. The summed E-state index contributed by atoms with van der Waals surface area (Å²) in [6, 6.07) is -0.542. The van der Waals surface area contributed by atoms with Crippen molar-refractivity contribution in [1.82, 2.24) is 14.9 Å². The molecular weight excluding hydrogens is 378 g/mol. The Labute approximate surface area is 180 Å². The number of ether oxygens (including phenoxy) is 1. The summed E-state index contributed by atoms with van der Waals surface area (Å²) >= 11 is 0. The molecule has 1 aliphatic carbocycles. The Hall–Kier alpha value is -1.95. The van der Waals surface area contributed by atoms with Gasteiger partial charge >= 0.3 is 0 Å². The van der Waals surface area contributed by atoms with E-state index in [4.69, 9.17) is 9.72 Å². The molecule has 0 saturated carbocycles. The Morgan fingerprint density at radius 3 is 2.67 bits per heavy atom. The predicted molar refractivity (Wildman–Crippen MR) is 118 cm³/mol. The van der Waals surface area contributed by atoms with Gasteiger partial charge in [-0.05, 0) is 36.7 Å². The Balaban J connectivity index is 1.92. The van der Waals surface area contributed by atoms with Crippen LogP contribution in [0, 0.1) is 11.3 Å². The molecule has 2 atom stereocenters. The lowest BCUT2D eigenvalue weighted by Crippen LogP contribution is -2.51. The van der Waals surface area contributed by atoms with Crippen molar-refractivity contribution < 1.29 is 14.3 Å². The number of nitrogens with zero attached hydrogens (tertiary/aromatic N) is 2. The Morgan fingerprint density at radius 1 is 1.27 bits per heavy atom. The summed E-state index contributed by atoms with van der Waals surface area (Å²) in [7, 11) is 0. The second-order valence-electron chi connectivity index (χ2n) is 9.73. The predicted octanol–water partition coefficient (Wildman–Crippen LogP) is 4.17. The van der Waals surface area contributed by atoms with Crippen molar-refractivity contribution in [3.05, 3.63) is 23.3 Å². The summed E-state index contributed by atoms with van der Waals surface area (Å²) in [5, 5.41) is 3.06. The number of carbonyl (C=O) groups excluding carboxylic acids is 2. The molecule has 6 nitrogen and oxygen atoms in total. The van der Waals surface area contributed by atoms with Gasteiger partial charge in [-0.25, -0.2) is 4.98 Å². The van der Waals surface area contributed by atoms with Gasteiger partial charge in [0, 0.05) is 18.9 Å². The molecular formula is C24H37N3O3. The minimum Gasteiger partial charge on any atom is -0.379 e. The van der Waals surface area contributed by atoms with Crippen molar-refractivity contribution in [2.45, 2.75) is 85.7 Å². The maximum atomic E-state index is 13.4. The van der Waals surface area contributed by atoms with Crippen LogP contribution in [0.4, 0.5) is 0 Å². The Morgan fingerprint density at radius 2 is 2.03 bits per heavy atom. The monoisotopic (exact) mass is 415 g/mol. The zero-order valence-electron chi connectivity index (χ0n) is 19.2. The first-order chi connectivity index (χ1) is 14.2. The van der Waals surface area contributed by atoms with Gasteiger partial charge in [0.2, 0.25) is 0 Å². The zero-order chi connectivity index (χ0) is 21.9. The number of carbonyl (C=O) groups is 2. The molecule has 0 fully saturated rings. The number of hydrogen-bond acceptors (Lipinski definition) is 4. The lowest BCUT2D eigenvalue weighted by Gasteiger charge is -2.32. The first-order valence-electron chi connectivity index (χ1n) is 11.4. The number of nitrogens with one attached hydrogen (secondary N) is 1. The molecule has 1 aromatic heterocycles. The third-order valence-electron chi connectivity index (χ3n) is 6.19. The van der Waals surface area contributed by atoms with Crippen LogP contribution in [0.5, 0.6) is 0 Å². The molecule has 2 aliphatic rings. The standard InChI is InChI=1S/C24H37N3O3/c1-6-9-16(2)20(28)21(24(3,4)5)26-23(29)19-18-12-14-30-15-13-27(18)22(25-19)17-10-7-8-11-17/h10,16,21H,6-9,11-15H2,1-5H3,(H,26,29). The summed E-state index contributed by atoms with van der Waals surface area (Å²) in [6.07, 6.45) is 7.86. The Bertz CT molecular complexity index is 816. The maximum absolute atomic E-state index is 13.4. The van der Waals surface area contributed by atoms with Crippen LogP contribution >= 0.6 is 0 Å². The maximum Gasteiger partial charge on any atom is 0.272 e. The molecule has 3 rings (SSSR count). The van der Waals surface area contributed by atoms with Crippen molar-refractivity contribution in [1.29, 1.82) is 0 Å². The van der Waals surface area contributed by atoms with Gasteiger partial charge in [0.1, 0.15) is 11.5 Å². The van der Waals surface area contributed by atoms with Crippen LogP contribution < -0.4 is 5.32 Å².